The molecule has 0 saturated heterocycles. The number of nitrogens with one attached hydrogen (secondary N) is 1. The van der Waals surface area contributed by atoms with Crippen LogP contribution in [-0.2, 0) is 0 Å². The van der Waals surface area contributed by atoms with Gasteiger partial charge in [-0.3, -0.25) is 4.79 Å². The van der Waals surface area contributed by atoms with Crippen molar-refractivity contribution in [3.8, 4) is 0 Å². The first-order chi connectivity index (χ1) is 9.97. The van der Waals surface area contributed by atoms with Crippen molar-refractivity contribution in [2.45, 2.75) is 19.9 Å². The molecule has 0 spiro atoms. The fourth-order valence-electron chi connectivity index (χ4n) is 2.07. The quantitative estimate of drug-likeness (QED) is 0.801. The lowest BCUT2D eigenvalue weighted by molar-refractivity contribution is 0.0925. The zero-order valence-electron chi connectivity index (χ0n) is 11.8. The average Bonchev–Trinajstić information content (AvgIpc) is 2.45. The number of benzene rings is 1. The highest BCUT2D eigenvalue weighted by Crippen LogP contribution is 2.24. The number of nitrogens with zero attached hydrogens (tertiary/aromatic N) is 1. The third kappa shape index (κ3) is 4.29. The standard InChI is InChI=1S/C16H16BrClN2O/c1-10(2)15(11-3-5-13(18)6-4-11)20-16(21)12-7-8-19-14(17)9-12/h3-10,15H,1-2H3,(H,20,21). The summed E-state index contributed by atoms with van der Waals surface area (Å²) in [6.45, 7) is 4.14. The summed E-state index contributed by atoms with van der Waals surface area (Å²) < 4.78 is 0.641. The summed E-state index contributed by atoms with van der Waals surface area (Å²) in [7, 11) is 0. The van der Waals surface area contributed by atoms with E-state index in [2.05, 4.69) is 40.1 Å². The Morgan fingerprint density at radius 2 is 1.90 bits per heavy atom. The first-order valence-corrected chi connectivity index (χ1v) is 7.82. The lowest BCUT2D eigenvalue weighted by Gasteiger charge is -2.23. The summed E-state index contributed by atoms with van der Waals surface area (Å²) in [5.41, 5.74) is 1.62. The van der Waals surface area contributed by atoms with E-state index in [0.29, 0.717) is 15.2 Å². The second kappa shape index (κ2) is 7.05. The molecule has 2 rings (SSSR count). The van der Waals surface area contributed by atoms with Crippen LogP contribution in [0.4, 0.5) is 0 Å². The van der Waals surface area contributed by atoms with Crippen molar-refractivity contribution in [2.75, 3.05) is 0 Å². The van der Waals surface area contributed by atoms with E-state index < -0.39 is 0 Å². The molecular formula is C16H16BrClN2O. The summed E-state index contributed by atoms with van der Waals surface area (Å²) in [6.07, 6.45) is 1.60. The second-order valence-corrected chi connectivity index (χ2v) is 6.36. The number of hydrogen-bond donors (Lipinski definition) is 1. The van der Waals surface area contributed by atoms with Crippen molar-refractivity contribution >= 4 is 33.4 Å². The largest absolute Gasteiger partial charge is 0.345 e. The highest BCUT2D eigenvalue weighted by atomic mass is 79.9. The Bertz CT molecular complexity index is 628. The number of pyridine rings is 1. The van der Waals surface area contributed by atoms with E-state index in [1.807, 2.05) is 24.3 Å². The first kappa shape index (κ1) is 16.0. The average molecular weight is 368 g/mol. The second-order valence-electron chi connectivity index (χ2n) is 5.11. The molecular weight excluding hydrogens is 352 g/mol. The fourth-order valence-corrected chi connectivity index (χ4v) is 2.56. The van der Waals surface area contributed by atoms with Crippen molar-refractivity contribution in [3.05, 3.63) is 63.3 Å². The van der Waals surface area contributed by atoms with Crippen LogP contribution in [0.2, 0.25) is 5.02 Å². The third-order valence-electron chi connectivity index (χ3n) is 3.17. The van der Waals surface area contributed by atoms with Crippen molar-refractivity contribution in [2.24, 2.45) is 5.92 Å². The minimum absolute atomic E-state index is 0.0679. The molecule has 1 atom stereocenters. The van der Waals surface area contributed by atoms with Gasteiger partial charge in [0.05, 0.1) is 6.04 Å². The molecule has 0 aliphatic heterocycles. The summed E-state index contributed by atoms with van der Waals surface area (Å²) in [6, 6.07) is 10.9. The van der Waals surface area contributed by atoms with E-state index in [0.717, 1.165) is 5.56 Å². The molecule has 0 fully saturated rings. The van der Waals surface area contributed by atoms with Crippen LogP contribution in [0, 0.1) is 5.92 Å². The van der Waals surface area contributed by atoms with Crippen LogP contribution >= 0.6 is 27.5 Å². The van der Waals surface area contributed by atoms with Crippen LogP contribution < -0.4 is 5.32 Å². The van der Waals surface area contributed by atoms with Crippen LogP contribution in [0.3, 0.4) is 0 Å². The molecule has 1 amide bonds. The molecule has 21 heavy (non-hydrogen) atoms. The van der Waals surface area contributed by atoms with Gasteiger partial charge in [0.2, 0.25) is 0 Å². The van der Waals surface area contributed by atoms with Gasteiger partial charge < -0.3 is 5.32 Å². The van der Waals surface area contributed by atoms with Crippen LogP contribution in [0.1, 0.15) is 35.8 Å². The number of rotatable bonds is 4. The number of carbonyl (C=O) groups is 1. The lowest BCUT2D eigenvalue weighted by atomic mass is 9.95. The maximum absolute atomic E-state index is 12.4. The van der Waals surface area contributed by atoms with Gasteiger partial charge >= 0.3 is 0 Å². The summed E-state index contributed by atoms with van der Waals surface area (Å²) in [4.78, 5) is 16.4. The van der Waals surface area contributed by atoms with Crippen molar-refractivity contribution in [3.63, 3.8) is 0 Å². The molecule has 0 aliphatic carbocycles. The molecule has 5 heteroatoms. The molecule has 1 heterocycles. The van der Waals surface area contributed by atoms with Crippen molar-refractivity contribution in [1.82, 2.24) is 10.3 Å². The van der Waals surface area contributed by atoms with Gasteiger partial charge in [0.25, 0.3) is 5.91 Å². The van der Waals surface area contributed by atoms with E-state index in [1.165, 1.54) is 0 Å². The van der Waals surface area contributed by atoms with Gasteiger partial charge in [-0.05, 0) is 51.7 Å². The van der Waals surface area contributed by atoms with Gasteiger partial charge in [-0.15, -0.1) is 0 Å². The summed E-state index contributed by atoms with van der Waals surface area (Å²) in [5.74, 6) is 0.146. The van der Waals surface area contributed by atoms with Gasteiger partial charge in [0.15, 0.2) is 0 Å². The maximum Gasteiger partial charge on any atom is 0.251 e. The van der Waals surface area contributed by atoms with E-state index in [1.54, 1.807) is 18.3 Å². The molecule has 110 valence electrons. The Hall–Kier alpha value is -1.39. The van der Waals surface area contributed by atoms with E-state index in [9.17, 15) is 4.79 Å². The topological polar surface area (TPSA) is 42.0 Å². The molecule has 3 nitrogen and oxygen atoms in total. The predicted molar refractivity (Wildman–Crippen MR) is 88.4 cm³/mol. The Morgan fingerprint density at radius 3 is 2.48 bits per heavy atom. The van der Waals surface area contributed by atoms with E-state index in [4.69, 9.17) is 11.6 Å². The minimum Gasteiger partial charge on any atom is -0.345 e. The van der Waals surface area contributed by atoms with Gasteiger partial charge in [-0.25, -0.2) is 4.98 Å². The molecule has 0 saturated carbocycles. The van der Waals surface area contributed by atoms with Gasteiger partial charge in [-0.2, -0.15) is 0 Å². The van der Waals surface area contributed by atoms with Gasteiger partial charge in [0.1, 0.15) is 4.60 Å². The number of carbonyl (C=O) groups excluding carboxylic acids is 1. The fraction of sp³-hybridized carbons (Fsp3) is 0.250. The molecule has 1 aromatic carbocycles. The predicted octanol–water partition coefficient (Wildman–Crippen LogP) is 4.62. The smallest absolute Gasteiger partial charge is 0.251 e. The SMILES string of the molecule is CC(C)C(NC(=O)c1ccnc(Br)c1)c1ccc(Cl)cc1. The Labute approximate surface area is 137 Å². The lowest BCUT2D eigenvalue weighted by Crippen LogP contribution is -2.31. The van der Waals surface area contributed by atoms with Crippen molar-refractivity contribution < 1.29 is 4.79 Å². The van der Waals surface area contributed by atoms with E-state index >= 15 is 0 Å². The summed E-state index contributed by atoms with van der Waals surface area (Å²) >= 11 is 9.19. The van der Waals surface area contributed by atoms with Crippen LogP contribution in [0.5, 0.6) is 0 Å². The number of amides is 1. The molecule has 1 aromatic heterocycles. The molecule has 0 bridgehead atoms. The van der Waals surface area contributed by atoms with Crippen molar-refractivity contribution in [1.29, 1.82) is 0 Å². The Morgan fingerprint density at radius 1 is 1.24 bits per heavy atom. The van der Waals surface area contributed by atoms with Gasteiger partial charge in [-0.1, -0.05) is 37.6 Å². The van der Waals surface area contributed by atoms with Gasteiger partial charge in [0, 0.05) is 16.8 Å². The van der Waals surface area contributed by atoms with Crippen LogP contribution in [-0.4, -0.2) is 10.9 Å². The monoisotopic (exact) mass is 366 g/mol. The maximum atomic E-state index is 12.4. The van der Waals surface area contributed by atoms with Crippen LogP contribution in [0.25, 0.3) is 0 Å². The van der Waals surface area contributed by atoms with Crippen LogP contribution in [0.15, 0.2) is 47.2 Å². The molecule has 0 radical (unpaired) electrons. The minimum atomic E-state index is -0.119. The highest BCUT2D eigenvalue weighted by molar-refractivity contribution is 9.10. The number of hydrogen-bond acceptors (Lipinski definition) is 2. The van der Waals surface area contributed by atoms with E-state index in [-0.39, 0.29) is 17.9 Å². The highest BCUT2D eigenvalue weighted by Gasteiger charge is 2.19. The Kier molecular flexibility index (Phi) is 5.37. The zero-order chi connectivity index (χ0) is 15.4. The number of aromatic nitrogens is 1. The molecule has 1 N–H and O–H groups in total. The normalized spacial score (nSPS) is 12.2. The zero-order valence-corrected chi connectivity index (χ0v) is 14.1. The molecule has 2 aromatic rings. The first-order valence-electron chi connectivity index (χ1n) is 6.65. The Balaban J connectivity index is 2.20. The summed E-state index contributed by atoms with van der Waals surface area (Å²) in [5, 5.41) is 3.75. The third-order valence-corrected chi connectivity index (χ3v) is 3.86. The molecule has 1 unspecified atom stereocenters. The number of halogens is 2. The molecule has 0 aliphatic rings.